The molecule has 3 aromatic rings. The second-order valence-electron chi connectivity index (χ2n) is 9.28. The highest BCUT2D eigenvalue weighted by molar-refractivity contribution is 5.95. The number of rotatable bonds is 11. The lowest BCUT2D eigenvalue weighted by atomic mass is 10.0. The zero-order chi connectivity index (χ0) is 27.2. The topological polar surface area (TPSA) is 207 Å². The molecule has 1 saturated heterocycles. The lowest BCUT2D eigenvalue weighted by molar-refractivity contribution is -0.149. The van der Waals surface area contributed by atoms with E-state index in [9.17, 15) is 29.4 Å². The first-order valence-corrected chi connectivity index (χ1v) is 12.3. The highest BCUT2D eigenvalue weighted by Gasteiger charge is 2.38. The van der Waals surface area contributed by atoms with Gasteiger partial charge < -0.3 is 41.4 Å². The van der Waals surface area contributed by atoms with Crippen molar-refractivity contribution in [2.75, 3.05) is 13.2 Å². The number of hydrogen-bond donors (Lipinski definition) is 7. The van der Waals surface area contributed by atoms with E-state index in [1.54, 1.807) is 6.20 Å². The summed E-state index contributed by atoms with van der Waals surface area (Å²) in [5.41, 5.74) is 7.79. The summed E-state index contributed by atoms with van der Waals surface area (Å²) in [5, 5.41) is 25.0. The number of amides is 3. The molecular weight excluding hydrogens is 494 g/mol. The van der Waals surface area contributed by atoms with E-state index in [2.05, 4.69) is 25.6 Å². The van der Waals surface area contributed by atoms with Crippen molar-refractivity contribution in [1.82, 2.24) is 30.5 Å². The highest BCUT2D eigenvalue weighted by atomic mass is 16.4. The third kappa shape index (κ3) is 6.01. The minimum atomic E-state index is -1.24. The van der Waals surface area contributed by atoms with Crippen LogP contribution in [0.4, 0.5) is 0 Å². The van der Waals surface area contributed by atoms with Crippen LogP contribution in [0.3, 0.4) is 0 Å². The molecule has 2 aromatic heterocycles. The number of likely N-dealkylation sites (tertiary alicyclic amines) is 1. The molecule has 0 saturated carbocycles. The number of carboxylic acids is 1. The number of para-hydroxylation sites is 1. The van der Waals surface area contributed by atoms with Gasteiger partial charge in [-0.3, -0.25) is 14.4 Å². The monoisotopic (exact) mass is 525 g/mol. The van der Waals surface area contributed by atoms with Crippen LogP contribution in [-0.2, 0) is 32.0 Å². The van der Waals surface area contributed by atoms with E-state index in [4.69, 9.17) is 5.73 Å². The van der Waals surface area contributed by atoms with Gasteiger partial charge in [-0.15, -0.1) is 0 Å². The fourth-order valence-electron chi connectivity index (χ4n) is 4.67. The van der Waals surface area contributed by atoms with E-state index in [1.165, 1.54) is 17.4 Å². The first kappa shape index (κ1) is 26.8. The summed E-state index contributed by atoms with van der Waals surface area (Å²) in [6.07, 6.45) is 5.65. The summed E-state index contributed by atoms with van der Waals surface area (Å²) in [6, 6.07) is 3.03. The molecule has 4 unspecified atom stereocenters. The lowest BCUT2D eigenvalue weighted by Crippen LogP contribution is -2.58. The normalized spacial score (nSPS) is 17.6. The van der Waals surface area contributed by atoms with E-state index in [-0.39, 0.29) is 19.4 Å². The number of aliphatic hydroxyl groups excluding tert-OH is 1. The number of nitrogens with two attached hydrogens (primary N) is 1. The number of H-pyrrole nitrogens is 2. The van der Waals surface area contributed by atoms with E-state index >= 15 is 0 Å². The first-order valence-electron chi connectivity index (χ1n) is 12.3. The number of imidazole rings is 1. The second-order valence-corrected chi connectivity index (χ2v) is 9.28. The molecule has 4 atom stereocenters. The summed E-state index contributed by atoms with van der Waals surface area (Å²) in [7, 11) is 0. The molecule has 0 bridgehead atoms. The quantitative estimate of drug-likeness (QED) is 0.166. The van der Waals surface area contributed by atoms with Gasteiger partial charge >= 0.3 is 5.97 Å². The molecule has 13 heteroatoms. The number of aliphatic hydroxyl groups is 1. The molecule has 8 N–H and O–H groups in total. The van der Waals surface area contributed by atoms with Crippen LogP contribution in [0.5, 0.6) is 0 Å². The Morgan fingerprint density at radius 1 is 1.11 bits per heavy atom. The molecule has 3 amide bonds. The predicted octanol–water partition coefficient (Wildman–Crippen LogP) is -0.959. The molecule has 1 fully saturated rings. The third-order valence-corrected chi connectivity index (χ3v) is 6.68. The van der Waals surface area contributed by atoms with Crippen molar-refractivity contribution in [2.45, 2.75) is 49.9 Å². The van der Waals surface area contributed by atoms with Crippen molar-refractivity contribution in [2.24, 2.45) is 5.73 Å². The standard InChI is InChI=1S/C25H31N7O6/c26-17(12-33)22(34)30-19(9-15-11-27-13-29-15)23(35)31-20(24(36)32-7-3-6-21(32)25(37)38)8-14-10-28-18-5-2-1-4-16(14)18/h1-2,4-5,10-11,13,17,19-21,28,33H,3,6-9,12,26H2,(H,27,29)(H,30,34)(H,31,35)(H,37,38). The van der Waals surface area contributed by atoms with Gasteiger partial charge in [0.2, 0.25) is 17.7 Å². The average molecular weight is 526 g/mol. The zero-order valence-corrected chi connectivity index (χ0v) is 20.6. The van der Waals surface area contributed by atoms with Crippen molar-refractivity contribution in [1.29, 1.82) is 0 Å². The molecule has 0 radical (unpaired) electrons. The largest absolute Gasteiger partial charge is 0.480 e. The van der Waals surface area contributed by atoms with Crippen LogP contribution < -0.4 is 16.4 Å². The molecule has 4 rings (SSSR count). The van der Waals surface area contributed by atoms with Crippen LogP contribution in [0.25, 0.3) is 10.9 Å². The van der Waals surface area contributed by atoms with Gasteiger partial charge in [0.15, 0.2) is 0 Å². The van der Waals surface area contributed by atoms with Crippen LogP contribution in [0.1, 0.15) is 24.1 Å². The molecule has 1 aliphatic rings. The molecule has 38 heavy (non-hydrogen) atoms. The average Bonchev–Trinajstić information content (AvgIpc) is 3.68. The Balaban J connectivity index is 1.61. The number of nitrogens with one attached hydrogen (secondary N) is 4. The third-order valence-electron chi connectivity index (χ3n) is 6.68. The summed E-state index contributed by atoms with van der Waals surface area (Å²) in [5.74, 6) is -3.03. The second kappa shape index (κ2) is 11.9. The number of aromatic nitrogens is 3. The maximum absolute atomic E-state index is 13.7. The Bertz CT molecular complexity index is 1290. The maximum atomic E-state index is 13.7. The number of fused-ring (bicyclic) bond motifs is 1. The number of benzene rings is 1. The number of carbonyl (C=O) groups is 4. The Morgan fingerprint density at radius 3 is 2.58 bits per heavy atom. The van der Waals surface area contributed by atoms with Crippen molar-refractivity contribution in [3.8, 4) is 0 Å². The molecule has 202 valence electrons. The van der Waals surface area contributed by atoms with Gasteiger partial charge in [-0.2, -0.15) is 0 Å². The van der Waals surface area contributed by atoms with E-state index < -0.39 is 54.5 Å². The molecule has 1 aliphatic heterocycles. The van der Waals surface area contributed by atoms with Gasteiger partial charge in [-0.05, 0) is 24.5 Å². The van der Waals surface area contributed by atoms with Crippen molar-refractivity contribution in [3.63, 3.8) is 0 Å². The van der Waals surface area contributed by atoms with Gasteiger partial charge in [0.25, 0.3) is 0 Å². The number of nitrogens with zero attached hydrogens (tertiary/aromatic N) is 2. The van der Waals surface area contributed by atoms with E-state index in [0.29, 0.717) is 18.5 Å². The summed E-state index contributed by atoms with van der Waals surface area (Å²) < 4.78 is 0. The Kier molecular flexibility index (Phi) is 8.38. The van der Waals surface area contributed by atoms with Crippen molar-refractivity contribution in [3.05, 3.63) is 54.2 Å². The molecule has 13 nitrogen and oxygen atoms in total. The predicted molar refractivity (Wildman–Crippen MR) is 136 cm³/mol. The van der Waals surface area contributed by atoms with E-state index in [0.717, 1.165) is 16.5 Å². The van der Waals surface area contributed by atoms with Gasteiger partial charge in [-0.25, -0.2) is 9.78 Å². The SMILES string of the molecule is NC(CO)C(=O)NC(Cc1cnc[nH]1)C(=O)NC(Cc1c[nH]c2ccccc12)C(=O)N1CCCC1C(=O)O. The number of carboxylic acid groups (broad SMARTS) is 1. The van der Waals surface area contributed by atoms with Crippen LogP contribution in [0, 0.1) is 0 Å². The maximum Gasteiger partial charge on any atom is 0.326 e. The Labute approximate surface area is 217 Å². The van der Waals surface area contributed by atoms with Crippen LogP contribution in [0.2, 0.25) is 0 Å². The highest BCUT2D eigenvalue weighted by Crippen LogP contribution is 2.23. The van der Waals surface area contributed by atoms with Crippen molar-refractivity contribution >= 4 is 34.6 Å². The van der Waals surface area contributed by atoms with Gasteiger partial charge in [0.1, 0.15) is 24.2 Å². The smallest absolute Gasteiger partial charge is 0.326 e. The fourth-order valence-corrected chi connectivity index (χ4v) is 4.67. The van der Waals surface area contributed by atoms with Crippen LogP contribution >= 0.6 is 0 Å². The number of aliphatic carboxylic acids is 1. The van der Waals surface area contributed by atoms with Crippen molar-refractivity contribution < 1.29 is 29.4 Å². The molecule has 3 heterocycles. The fraction of sp³-hybridized carbons (Fsp3) is 0.400. The molecular formula is C25H31N7O6. The van der Waals surface area contributed by atoms with Crippen LogP contribution in [-0.4, -0.2) is 91.1 Å². The molecule has 1 aromatic carbocycles. The van der Waals surface area contributed by atoms with E-state index in [1.807, 2.05) is 24.3 Å². The first-order chi connectivity index (χ1) is 18.3. The summed E-state index contributed by atoms with van der Waals surface area (Å²) in [6.45, 7) is -0.354. The minimum Gasteiger partial charge on any atom is -0.480 e. The minimum absolute atomic E-state index is 0.0190. The summed E-state index contributed by atoms with van der Waals surface area (Å²) in [4.78, 5) is 62.6. The van der Waals surface area contributed by atoms with Crippen LogP contribution in [0.15, 0.2) is 43.0 Å². The summed E-state index contributed by atoms with van der Waals surface area (Å²) >= 11 is 0. The van der Waals surface area contributed by atoms with Gasteiger partial charge in [0.05, 0.1) is 12.9 Å². The number of carbonyl (C=O) groups excluding carboxylic acids is 3. The Hall–Kier alpha value is -4.23. The molecule has 0 aliphatic carbocycles. The Morgan fingerprint density at radius 2 is 1.87 bits per heavy atom. The number of aromatic amines is 2. The van der Waals surface area contributed by atoms with Gasteiger partial charge in [-0.1, -0.05) is 18.2 Å². The van der Waals surface area contributed by atoms with Gasteiger partial charge in [0, 0.05) is 48.4 Å². The number of hydrogen-bond acceptors (Lipinski definition) is 7. The molecule has 0 spiro atoms. The lowest BCUT2D eigenvalue weighted by Gasteiger charge is -2.29. The zero-order valence-electron chi connectivity index (χ0n) is 20.6.